The van der Waals surface area contributed by atoms with E-state index in [1.54, 1.807) is 19.2 Å². The van der Waals surface area contributed by atoms with Gasteiger partial charge in [0.15, 0.2) is 0 Å². The van der Waals surface area contributed by atoms with Crippen molar-refractivity contribution < 1.29 is 13.9 Å². The van der Waals surface area contributed by atoms with Gasteiger partial charge in [-0.15, -0.1) is 0 Å². The van der Waals surface area contributed by atoms with Crippen LogP contribution >= 0.6 is 0 Å². The minimum absolute atomic E-state index is 0.166. The molecule has 20 heavy (non-hydrogen) atoms. The van der Waals surface area contributed by atoms with Gasteiger partial charge in [-0.3, -0.25) is 4.79 Å². The van der Waals surface area contributed by atoms with Crippen molar-refractivity contribution in [3.05, 3.63) is 59.4 Å². The Balaban J connectivity index is 2.08. The molecule has 2 rings (SSSR count). The first-order chi connectivity index (χ1) is 9.58. The van der Waals surface area contributed by atoms with Crippen LogP contribution in [0, 0.1) is 12.7 Å². The van der Waals surface area contributed by atoms with E-state index in [1.807, 2.05) is 25.1 Å². The molecule has 0 aliphatic carbocycles. The van der Waals surface area contributed by atoms with Crippen molar-refractivity contribution in [2.45, 2.75) is 13.3 Å². The number of hydrogen-bond acceptors (Lipinski definition) is 2. The molecule has 0 saturated heterocycles. The predicted molar refractivity (Wildman–Crippen MR) is 76.5 cm³/mol. The molecule has 0 aromatic heterocycles. The molecule has 0 bridgehead atoms. The van der Waals surface area contributed by atoms with Gasteiger partial charge >= 0.3 is 0 Å². The van der Waals surface area contributed by atoms with Gasteiger partial charge in [-0.1, -0.05) is 18.2 Å². The van der Waals surface area contributed by atoms with E-state index in [0.29, 0.717) is 11.4 Å². The summed E-state index contributed by atoms with van der Waals surface area (Å²) in [6.07, 6.45) is 0.192. The number of nitrogens with one attached hydrogen (secondary N) is 1. The lowest BCUT2D eigenvalue weighted by Gasteiger charge is -2.11. The summed E-state index contributed by atoms with van der Waals surface area (Å²) in [6.45, 7) is 1.94. The summed E-state index contributed by atoms with van der Waals surface area (Å²) in [5.74, 6) is 0.137. The van der Waals surface area contributed by atoms with E-state index in [0.717, 1.165) is 11.1 Å². The second kappa shape index (κ2) is 6.19. The number of anilines is 1. The molecule has 0 unspecified atom stereocenters. The third-order valence-electron chi connectivity index (χ3n) is 2.91. The minimum atomic E-state index is -0.311. The lowest BCUT2D eigenvalue weighted by molar-refractivity contribution is -0.115. The number of methoxy groups -OCH3 is 1. The van der Waals surface area contributed by atoms with E-state index in [-0.39, 0.29) is 18.1 Å². The van der Waals surface area contributed by atoms with Gasteiger partial charge in [0, 0.05) is 0 Å². The summed E-state index contributed by atoms with van der Waals surface area (Å²) in [4.78, 5) is 12.0. The Morgan fingerprint density at radius 2 is 1.90 bits per heavy atom. The van der Waals surface area contributed by atoms with E-state index in [2.05, 4.69) is 5.32 Å². The normalized spacial score (nSPS) is 10.2. The standard InChI is InChI=1S/C16H16FNO2/c1-11-3-8-15(20-2)14(9-11)18-16(19)10-12-4-6-13(17)7-5-12/h3-9H,10H2,1-2H3,(H,18,19). The fraction of sp³-hybridized carbons (Fsp3) is 0.188. The van der Waals surface area contributed by atoms with Crippen LogP contribution in [0.1, 0.15) is 11.1 Å². The van der Waals surface area contributed by atoms with E-state index in [4.69, 9.17) is 4.74 Å². The number of rotatable bonds is 4. The smallest absolute Gasteiger partial charge is 0.228 e. The summed E-state index contributed by atoms with van der Waals surface area (Å²) in [5.41, 5.74) is 2.43. The maximum Gasteiger partial charge on any atom is 0.228 e. The van der Waals surface area contributed by atoms with Crippen LogP contribution in [-0.2, 0) is 11.2 Å². The number of benzene rings is 2. The Morgan fingerprint density at radius 1 is 1.20 bits per heavy atom. The van der Waals surface area contributed by atoms with Crippen LogP contribution in [0.2, 0.25) is 0 Å². The molecule has 0 heterocycles. The van der Waals surface area contributed by atoms with Crippen molar-refractivity contribution in [2.75, 3.05) is 12.4 Å². The van der Waals surface area contributed by atoms with Crippen molar-refractivity contribution in [3.63, 3.8) is 0 Å². The fourth-order valence-corrected chi connectivity index (χ4v) is 1.90. The molecular weight excluding hydrogens is 257 g/mol. The molecule has 0 aliphatic heterocycles. The SMILES string of the molecule is COc1ccc(C)cc1NC(=O)Cc1ccc(F)cc1. The van der Waals surface area contributed by atoms with Crippen LogP contribution in [0.4, 0.5) is 10.1 Å². The third kappa shape index (κ3) is 3.57. The van der Waals surface area contributed by atoms with Crippen LogP contribution in [0.3, 0.4) is 0 Å². The number of carbonyl (C=O) groups is 1. The second-order valence-electron chi connectivity index (χ2n) is 4.56. The van der Waals surface area contributed by atoms with Crippen LogP contribution in [0.25, 0.3) is 0 Å². The highest BCUT2D eigenvalue weighted by atomic mass is 19.1. The fourth-order valence-electron chi connectivity index (χ4n) is 1.90. The number of aryl methyl sites for hydroxylation is 1. The average molecular weight is 273 g/mol. The van der Waals surface area contributed by atoms with Gasteiger partial charge in [-0.2, -0.15) is 0 Å². The van der Waals surface area contributed by atoms with Crippen molar-refractivity contribution in [3.8, 4) is 5.75 Å². The number of carbonyl (C=O) groups excluding carboxylic acids is 1. The molecule has 0 radical (unpaired) electrons. The summed E-state index contributed by atoms with van der Waals surface area (Å²) in [7, 11) is 1.56. The molecular formula is C16H16FNO2. The van der Waals surface area contributed by atoms with E-state index < -0.39 is 0 Å². The second-order valence-corrected chi connectivity index (χ2v) is 4.56. The number of hydrogen-bond donors (Lipinski definition) is 1. The maximum atomic E-state index is 12.8. The van der Waals surface area contributed by atoms with Crippen molar-refractivity contribution in [1.82, 2.24) is 0 Å². The highest BCUT2D eigenvalue weighted by molar-refractivity contribution is 5.93. The van der Waals surface area contributed by atoms with Crippen LogP contribution < -0.4 is 10.1 Å². The highest BCUT2D eigenvalue weighted by Crippen LogP contribution is 2.25. The zero-order chi connectivity index (χ0) is 14.5. The summed E-state index contributed by atoms with van der Waals surface area (Å²) in [5, 5.41) is 2.81. The molecule has 4 heteroatoms. The number of halogens is 1. The van der Waals surface area contributed by atoms with Gasteiger partial charge in [-0.25, -0.2) is 4.39 Å². The first kappa shape index (κ1) is 14.1. The van der Waals surface area contributed by atoms with Crippen LogP contribution in [0.15, 0.2) is 42.5 Å². The molecule has 2 aromatic rings. The van der Waals surface area contributed by atoms with Crippen LogP contribution in [-0.4, -0.2) is 13.0 Å². The van der Waals surface area contributed by atoms with E-state index in [1.165, 1.54) is 12.1 Å². The van der Waals surface area contributed by atoms with E-state index >= 15 is 0 Å². The topological polar surface area (TPSA) is 38.3 Å². The zero-order valence-electron chi connectivity index (χ0n) is 11.4. The largest absolute Gasteiger partial charge is 0.495 e. The molecule has 0 saturated carbocycles. The Kier molecular flexibility index (Phi) is 4.35. The quantitative estimate of drug-likeness (QED) is 0.928. The molecule has 0 aliphatic rings. The van der Waals surface area contributed by atoms with Gasteiger partial charge < -0.3 is 10.1 Å². The molecule has 1 amide bonds. The first-order valence-electron chi connectivity index (χ1n) is 6.27. The lowest BCUT2D eigenvalue weighted by atomic mass is 10.1. The van der Waals surface area contributed by atoms with Crippen molar-refractivity contribution in [2.24, 2.45) is 0 Å². The molecule has 0 atom stereocenters. The third-order valence-corrected chi connectivity index (χ3v) is 2.91. The number of ether oxygens (including phenoxy) is 1. The number of amides is 1. The van der Waals surface area contributed by atoms with E-state index in [9.17, 15) is 9.18 Å². The van der Waals surface area contributed by atoms with Gasteiger partial charge in [0.1, 0.15) is 11.6 Å². The monoisotopic (exact) mass is 273 g/mol. The first-order valence-corrected chi connectivity index (χ1v) is 6.27. The van der Waals surface area contributed by atoms with Gasteiger partial charge in [0.05, 0.1) is 19.2 Å². The zero-order valence-corrected chi connectivity index (χ0v) is 11.4. The Morgan fingerprint density at radius 3 is 2.55 bits per heavy atom. The summed E-state index contributed by atoms with van der Waals surface area (Å²) in [6, 6.07) is 11.5. The minimum Gasteiger partial charge on any atom is -0.495 e. The molecule has 3 nitrogen and oxygen atoms in total. The molecule has 0 spiro atoms. The van der Waals surface area contributed by atoms with Gasteiger partial charge in [-0.05, 0) is 42.3 Å². The Labute approximate surface area is 117 Å². The Hall–Kier alpha value is -2.36. The Bertz CT molecular complexity index is 608. The molecule has 104 valence electrons. The van der Waals surface area contributed by atoms with Crippen molar-refractivity contribution >= 4 is 11.6 Å². The summed E-state index contributed by atoms with van der Waals surface area (Å²) < 4.78 is 18.0. The van der Waals surface area contributed by atoms with Crippen LogP contribution in [0.5, 0.6) is 5.75 Å². The highest BCUT2D eigenvalue weighted by Gasteiger charge is 2.08. The predicted octanol–water partition coefficient (Wildman–Crippen LogP) is 3.32. The maximum absolute atomic E-state index is 12.8. The van der Waals surface area contributed by atoms with Crippen molar-refractivity contribution in [1.29, 1.82) is 0 Å². The summed E-state index contributed by atoms with van der Waals surface area (Å²) >= 11 is 0. The van der Waals surface area contributed by atoms with Gasteiger partial charge in [0.25, 0.3) is 0 Å². The molecule has 1 N–H and O–H groups in total. The average Bonchev–Trinajstić information content (AvgIpc) is 2.41. The lowest BCUT2D eigenvalue weighted by Crippen LogP contribution is -2.15. The molecule has 0 fully saturated rings. The molecule has 2 aromatic carbocycles. The van der Waals surface area contributed by atoms with Gasteiger partial charge in [0.2, 0.25) is 5.91 Å².